The van der Waals surface area contributed by atoms with Crippen LogP contribution in [-0.2, 0) is 4.74 Å². The first kappa shape index (κ1) is 14.1. The fourth-order valence-electron chi connectivity index (χ4n) is 2.28. The number of hydrogen-bond donors (Lipinski definition) is 0. The highest BCUT2D eigenvalue weighted by Crippen LogP contribution is 2.32. The summed E-state index contributed by atoms with van der Waals surface area (Å²) < 4.78 is 47.1. The second-order valence-corrected chi connectivity index (χ2v) is 4.63. The van der Waals surface area contributed by atoms with Gasteiger partial charge in [-0.05, 0) is 17.7 Å². The van der Waals surface area contributed by atoms with Gasteiger partial charge in [0.05, 0.1) is 23.7 Å². The number of hydrogen-bond acceptors (Lipinski definition) is 3. The number of rotatable bonds is 2. The van der Waals surface area contributed by atoms with E-state index in [2.05, 4.69) is 4.99 Å². The Kier molecular flexibility index (Phi) is 3.55. The molecule has 6 heteroatoms. The van der Waals surface area contributed by atoms with Crippen molar-refractivity contribution in [3.8, 4) is 17.2 Å². The van der Waals surface area contributed by atoms with Gasteiger partial charge in [0.1, 0.15) is 12.4 Å². The Bertz CT molecular complexity index is 808. The lowest BCUT2D eigenvalue weighted by molar-refractivity contribution is 0.346. The normalized spacial score (nSPS) is 13.5. The summed E-state index contributed by atoms with van der Waals surface area (Å²) >= 11 is 0. The lowest BCUT2D eigenvalue weighted by atomic mass is 9.97. The van der Waals surface area contributed by atoms with Crippen molar-refractivity contribution in [1.29, 1.82) is 5.26 Å². The van der Waals surface area contributed by atoms with E-state index in [4.69, 9.17) is 10.00 Å². The van der Waals surface area contributed by atoms with Gasteiger partial charge in [0, 0.05) is 11.6 Å². The molecule has 2 aromatic rings. The van der Waals surface area contributed by atoms with Crippen LogP contribution in [0.2, 0.25) is 0 Å². The third-order valence-corrected chi connectivity index (χ3v) is 3.27. The van der Waals surface area contributed by atoms with Crippen LogP contribution >= 0.6 is 0 Å². The monoisotopic (exact) mass is 302 g/mol. The zero-order valence-electron chi connectivity index (χ0n) is 11.2. The molecule has 0 fully saturated rings. The molecule has 0 aliphatic carbocycles. The van der Waals surface area contributed by atoms with Crippen molar-refractivity contribution in [3.63, 3.8) is 0 Å². The van der Waals surface area contributed by atoms with E-state index in [1.807, 2.05) is 6.07 Å². The van der Waals surface area contributed by atoms with E-state index in [-0.39, 0.29) is 23.6 Å². The fraction of sp³-hybridized carbons (Fsp3) is 0.125. The van der Waals surface area contributed by atoms with Crippen LogP contribution < -0.4 is 0 Å². The van der Waals surface area contributed by atoms with Crippen LogP contribution in [0.1, 0.15) is 11.1 Å². The molecular weight excluding hydrogens is 293 g/mol. The topological polar surface area (TPSA) is 45.4 Å². The molecule has 0 amide bonds. The van der Waals surface area contributed by atoms with Crippen LogP contribution in [0.3, 0.4) is 0 Å². The first-order valence-electron chi connectivity index (χ1n) is 6.47. The lowest BCUT2D eigenvalue weighted by Crippen LogP contribution is -2.10. The molecule has 0 bridgehead atoms. The molecule has 0 unspecified atom stereocenters. The van der Waals surface area contributed by atoms with Crippen molar-refractivity contribution in [2.45, 2.75) is 0 Å². The molecule has 1 heterocycles. The van der Waals surface area contributed by atoms with Gasteiger partial charge in [0.25, 0.3) is 0 Å². The van der Waals surface area contributed by atoms with E-state index in [0.29, 0.717) is 23.7 Å². The van der Waals surface area contributed by atoms with E-state index >= 15 is 0 Å². The summed E-state index contributed by atoms with van der Waals surface area (Å²) in [4.78, 5) is 3.94. The molecule has 1 aliphatic heterocycles. The second-order valence-electron chi connectivity index (χ2n) is 4.63. The summed E-state index contributed by atoms with van der Waals surface area (Å²) in [6.07, 6.45) is 0. The summed E-state index contributed by atoms with van der Waals surface area (Å²) in [7, 11) is 0. The summed E-state index contributed by atoms with van der Waals surface area (Å²) in [5.41, 5.74) is 0.218. The van der Waals surface area contributed by atoms with Crippen molar-refractivity contribution in [3.05, 3.63) is 58.9 Å². The molecular formula is C16H9F3N2O. The maximum atomic E-state index is 14.2. The highest BCUT2D eigenvalue weighted by molar-refractivity contribution is 6.02. The Morgan fingerprint density at radius 2 is 1.77 bits per heavy atom. The van der Waals surface area contributed by atoms with Gasteiger partial charge in [-0.2, -0.15) is 5.26 Å². The average molecular weight is 302 g/mol. The maximum Gasteiger partial charge on any atom is 0.220 e. The molecule has 110 valence electrons. The van der Waals surface area contributed by atoms with E-state index < -0.39 is 17.5 Å². The van der Waals surface area contributed by atoms with Gasteiger partial charge in [-0.1, -0.05) is 12.1 Å². The van der Waals surface area contributed by atoms with Crippen LogP contribution in [0.5, 0.6) is 0 Å². The van der Waals surface area contributed by atoms with Crippen LogP contribution in [0.15, 0.2) is 35.3 Å². The van der Waals surface area contributed by atoms with Crippen LogP contribution in [0.4, 0.5) is 13.2 Å². The number of benzene rings is 2. The van der Waals surface area contributed by atoms with Crippen LogP contribution in [0.25, 0.3) is 11.1 Å². The van der Waals surface area contributed by atoms with Gasteiger partial charge in [0.2, 0.25) is 5.90 Å². The Hall–Kier alpha value is -2.81. The molecule has 0 saturated carbocycles. The minimum atomic E-state index is -1.30. The molecule has 1 aliphatic rings. The minimum Gasteiger partial charge on any atom is -0.475 e. The van der Waals surface area contributed by atoms with Crippen molar-refractivity contribution < 1.29 is 17.9 Å². The summed E-state index contributed by atoms with van der Waals surface area (Å²) in [5, 5.41) is 8.79. The molecule has 0 aromatic heterocycles. The van der Waals surface area contributed by atoms with Crippen molar-refractivity contribution in [2.24, 2.45) is 4.99 Å². The molecule has 0 spiro atoms. The molecule has 3 rings (SSSR count). The molecule has 3 nitrogen and oxygen atoms in total. The predicted molar refractivity (Wildman–Crippen MR) is 73.8 cm³/mol. The second kappa shape index (κ2) is 5.53. The summed E-state index contributed by atoms with van der Waals surface area (Å²) in [5.74, 6) is -3.54. The number of nitriles is 1. The van der Waals surface area contributed by atoms with Gasteiger partial charge < -0.3 is 4.74 Å². The molecule has 22 heavy (non-hydrogen) atoms. The Balaban J connectivity index is 2.25. The lowest BCUT2D eigenvalue weighted by Gasteiger charge is -2.13. The van der Waals surface area contributed by atoms with Gasteiger partial charge in [-0.3, -0.25) is 0 Å². The third kappa shape index (κ3) is 2.31. The predicted octanol–water partition coefficient (Wildman–Crippen LogP) is 3.42. The van der Waals surface area contributed by atoms with E-state index in [1.165, 1.54) is 24.3 Å². The Labute approximate surface area is 124 Å². The Morgan fingerprint density at radius 3 is 2.36 bits per heavy atom. The fourth-order valence-corrected chi connectivity index (χ4v) is 2.28. The van der Waals surface area contributed by atoms with Crippen LogP contribution in [-0.4, -0.2) is 19.0 Å². The zero-order chi connectivity index (χ0) is 15.7. The largest absolute Gasteiger partial charge is 0.475 e. The number of halogens is 3. The van der Waals surface area contributed by atoms with Gasteiger partial charge in [-0.25, -0.2) is 18.2 Å². The average Bonchev–Trinajstić information content (AvgIpc) is 3.05. The summed E-state index contributed by atoms with van der Waals surface area (Å²) in [6, 6.07) is 8.29. The number of ether oxygens (including phenoxy) is 1. The minimum absolute atomic E-state index is 0.116. The SMILES string of the molecule is N#Cc1ccc(-c2c(F)cc(F)c(F)c2C2=NCCO2)cc1. The molecule has 0 atom stereocenters. The number of nitrogens with zero attached hydrogens (tertiary/aromatic N) is 2. The maximum absolute atomic E-state index is 14.2. The van der Waals surface area contributed by atoms with Crippen molar-refractivity contribution in [2.75, 3.05) is 13.2 Å². The highest BCUT2D eigenvalue weighted by Gasteiger charge is 2.26. The molecule has 0 radical (unpaired) electrons. The molecule has 0 saturated heterocycles. The number of aliphatic imine (C=N–C) groups is 1. The van der Waals surface area contributed by atoms with E-state index in [9.17, 15) is 13.2 Å². The molecule has 2 aromatic carbocycles. The standard InChI is InChI=1S/C16H9F3N2O/c17-11-7-12(18)15(19)14(16-21-5-6-22-16)13(11)10-3-1-9(8-20)2-4-10/h1-4,7H,5-6H2. The van der Waals surface area contributed by atoms with E-state index in [1.54, 1.807) is 0 Å². The van der Waals surface area contributed by atoms with Gasteiger partial charge in [-0.15, -0.1) is 0 Å². The van der Waals surface area contributed by atoms with Gasteiger partial charge >= 0.3 is 0 Å². The first-order valence-corrected chi connectivity index (χ1v) is 6.47. The van der Waals surface area contributed by atoms with E-state index in [0.717, 1.165) is 0 Å². The smallest absolute Gasteiger partial charge is 0.220 e. The Morgan fingerprint density at radius 1 is 1.05 bits per heavy atom. The van der Waals surface area contributed by atoms with Gasteiger partial charge in [0.15, 0.2) is 11.6 Å². The zero-order valence-corrected chi connectivity index (χ0v) is 11.2. The molecule has 0 N–H and O–H groups in total. The van der Waals surface area contributed by atoms with Crippen molar-refractivity contribution in [1.82, 2.24) is 0 Å². The third-order valence-electron chi connectivity index (χ3n) is 3.27. The quantitative estimate of drug-likeness (QED) is 0.798. The van der Waals surface area contributed by atoms with Crippen LogP contribution in [0, 0.1) is 28.8 Å². The first-order chi connectivity index (χ1) is 10.6. The van der Waals surface area contributed by atoms with Crippen molar-refractivity contribution >= 4 is 5.90 Å². The highest BCUT2D eigenvalue weighted by atomic mass is 19.2. The summed E-state index contributed by atoms with van der Waals surface area (Å²) in [6.45, 7) is 0.541.